The Morgan fingerprint density at radius 1 is 0.408 bits per heavy atom. The molecule has 0 saturated heterocycles. The number of esters is 1. The second-order valence-corrected chi connectivity index (χ2v) is 11.9. The third-order valence-corrected chi connectivity index (χ3v) is 8.90. The summed E-state index contributed by atoms with van der Waals surface area (Å²) in [5, 5.41) is 0. The molecule has 2 N–H and O–H groups in total. The Balaban J connectivity index is 1.50. The van der Waals surface area contributed by atoms with Gasteiger partial charge in [0.05, 0.1) is 22.5 Å². The van der Waals surface area contributed by atoms with Crippen LogP contribution in [0.3, 0.4) is 0 Å². The Labute approximate surface area is 282 Å². The van der Waals surface area contributed by atoms with Gasteiger partial charge in [0.25, 0.3) is 0 Å². The van der Waals surface area contributed by atoms with E-state index in [0.717, 1.165) is 66.8 Å². The van der Waals surface area contributed by atoms with Gasteiger partial charge >= 0.3 is 5.97 Å². The number of nitrogens with zero attached hydrogens (tertiary/aromatic N) is 2. The number of fused-ring (bicyclic) bond motifs is 8. The van der Waals surface area contributed by atoms with Crippen LogP contribution in [0.4, 0.5) is 0 Å². The van der Waals surface area contributed by atoms with Crippen molar-refractivity contribution in [1.82, 2.24) is 19.9 Å². The average Bonchev–Trinajstić information content (AvgIpc) is 3.98. The number of hydrogen-bond donors (Lipinski definition) is 2. The molecule has 3 aromatic heterocycles. The molecule has 0 fully saturated rings. The zero-order chi connectivity index (χ0) is 32.7. The molecule has 49 heavy (non-hydrogen) atoms. The molecule has 7 aromatic rings. The Bertz CT molecular complexity index is 2570. The van der Waals surface area contributed by atoms with Gasteiger partial charge in [-0.15, -0.1) is 0 Å². The number of aromatic amines is 2. The highest BCUT2D eigenvalue weighted by atomic mass is 16.5. The Hall–Kier alpha value is -6.79. The molecule has 0 aliphatic carbocycles. The quantitative estimate of drug-likeness (QED) is 0.189. The minimum absolute atomic E-state index is 0.230. The fourth-order valence-corrected chi connectivity index (χ4v) is 6.70. The summed E-state index contributed by atoms with van der Waals surface area (Å²) in [7, 11) is 0. The molecule has 8 bridgehead atoms. The first kappa shape index (κ1) is 28.4. The maximum atomic E-state index is 13.9. The molecule has 0 atom stereocenters. The SMILES string of the molecule is O=C1Oc2nc1c(-c1ccccc1)c1ccc([nH]1)c(-c1ccccc1)c1nc(c(-c3ccccc3)c3ccc([nH]3)c2-c2ccccc2)C=C1. The zero-order valence-electron chi connectivity index (χ0n) is 26.2. The average molecular weight is 633 g/mol. The summed E-state index contributed by atoms with van der Waals surface area (Å²) in [6.07, 6.45) is 4.15. The van der Waals surface area contributed by atoms with Gasteiger partial charge in [-0.25, -0.2) is 14.8 Å². The van der Waals surface area contributed by atoms with Crippen molar-refractivity contribution in [3.05, 3.63) is 163 Å². The molecule has 0 spiro atoms. The van der Waals surface area contributed by atoms with Gasteiger partial charge in [-0.05, 0) is 58.7 Å². The van der Waals surface area contributed by atoms with Gasteiger partial charge in [-0.2, -0.15) is 0 Å². The largest absolute Gasteiger partial charge is 0.402 e. The van der Waals surface area contributed by atoms with Crippen molar-refractivity contribution in [2.45, 2.75) is 0 Å². The first-order valence-corrected chi connectivity index (χ1v) is 16.1. The molecule has 232 valence electrons. The van der Waals surface area contributed by atoms with Gasteiger partial charge in [-0.1, -0.05) is 121 Å². The van der Waals surface area contributed by atoms with Crippen LogP contribution in [0.1, 0.15) is 21.9 Å². The Kier molecular flexibility index (Phi) is 6.84. The van der Waals surface area contributed by atoms with Crippen molar-refractivity contribution in [2.24, 2.45) is 0 Å². The number of benzene rings is 4. The van der Waals surface area contributed by atoms with Gasteiger partial charge in [0.1, 0.15) is 0 Å². The van der Waals surface area contributed by atoms with E-state index in [1.165, 1.54) is 0 Å². The predicted molar refractivity (Wildman–Crippen MR) is 197 cm³/mol. The zero-order valence-corrected chi connectivity index (χ0v) is 26.2. The molecule has 0 saturated carbocycles. The van der Waals surface area contributed by atoms with Crippen LogP contribution in [0.2, 0.25) is 0 Å². The van der Waals surface area contributed by atoms with E-state index >= 15 is 0 Å². The van der Waals surface area contributed by atoms with Gasteiger partial charge in [-0.3, -0.25) is 0 Å². The van der Waals surface area contributed by atoms with Crippen molar-refractivity contribution < 1.29 is 9.53 Å². The van der Waals surface area contributed by atoms with Crippen molar-refractivity contribution in [2.75, 3.05) is 0 Å². The standard InChI is InChI=1S/C43H28N4O2/c48-43-41-39(29-17-9-3-10-18-29)35-25-23-33(45-35)37(27-13-5-1-6-14-27)31-21-22-32(44-31)38(28-15-7-2-8-16-28)34-24-26-36(46-34)40(42(47-41)49-43)30-19-11-4-12-20-30/h1-26,45-46H. The summed E-state index contributed by atoms with van der Waals surface area (Å²) in [6.45, 7) is 0. The number of rotatable bonds is 4. The minimum Gasteiger partial charge on any atom is -0.402 e. The van der Waals surface area contributed by atoms with E-state index in [9.17, 15) is 4.79 Å². The van der Waals surface area contributed by atoms with E-state index in [2.05, 4.69) is 52.5 Å². The van der Waals surface area contributed by atoms with Gasteiger partial charge in [0.2, 0.25) is 5.88 Å². The van der Waals surface area contributed by atoms with Crippen LogP contribution in [0.15, 0.2) is 146 Å². The number of aromatic nitrogens is 4. The highest BCUT2D eigenvalue weighted by Crippen LogP contribution is 2.39. The Morgan fingerprint density at radius 3 is 1.22 bits per heavy atom. The normalized spacial score (nSPS) is 12.2. The highest BCUT2D eigenvalue weighted by Gasteiger charge is 2.28. The van der Waals surface area contributed by atoms with Crippen LogP contribution in [0, 0.1) is 0 Å². The number of H-pyrrole nitrogens is 2. The number of nitrogens with one attached hydrogen (secondary N) is 2. The molecule has 2 aliphatic rings. The first-order valence-electron chi connectivity index (χ1n) is 16.1. The molecule has 9 rings (SSSR count). The minimum atomic E-state index is -0.514. The van der Waals surface area contributed by atoms with E-state index in [1.54, 1.807) is 0 Å². The third kappa shape index (κ3) is 5.03. The molecular weight excluding hydrogens is 604 g/mol. The molecule has 6 heteroatoms. The lowest BCUT2D eigenvalue weighted by molar-refractivity contribution is 0.0755. The van der Waals surface area contributed by atoms with E-state index in [-0.39, 0.29) is 11.6 Å². The fourth-order valence-electron chi connectivity index (χ4n) is 6.70. The summed E-state index contributed by atoms with van der Waals surface area (Å²) >= 11 is 0. The summed E-state index contributed by atoms with van der Waals surface area (Å²) in [4.78, 5) is 31.5. The molecular formula is C43H28N4O2. The predicted octanol–water partition coefficient (Wildman–Crippen LogP) is 10.4. The van der Waals surface area contributed by atoms with Crippen LogP contribution >= 0.6 is 0 Å². The second kappa shape index (κ2) is 11.8. The molecule has 0 radical (unpaired) electrons. The fraction of sp³-hybridized carbons (Fsp3) is 0. The third-order valence-electron chi connectivity index (χ3n) is 8.90. The van der Waals surface area contributed by atoms with Gasteiger partial charge < -0.3 is 14.7 Å². The van der Waals surface area contributed by atoms with E-state index < -0.39 is 5.97 Å². The van der Waals surface area contributed by atoms with Crippen LogP contribution in [-0.4, -0.2) is 25.9 Å². The lowest BCUT2D eigenvalue weighted by Crippen LogP contribution is -2.04. The summed E-state index contributed by atoms with van der Waals surface area (Å²) in [5.41, 5.74) is 12.1. The maximum Gasteiger partial charge on any atom is 0.364 e. The van der Waals surface area contributed by atoms with Crippen molar-refractivity contribution in [1.29, 1.82) is 0 Å². The molecule has 2 aliphatic heterocycles. The van der Waals surface area contributed by atoms with Crippen LogP contribution in [-0.2, 0) is 0 Å². The summed E-state index contributed by atoms with van der Waals surface area (Å²) in [6, 6.07) is 48.3. The second-order valence-electron chi connectivity index (χ2n) is 11.9. The number of carbonyl (C=O) groups excluding carboxylic acids is 1. The highest BCUT2D eigenvalue weighted by molar-refractivity contribution is 6.05. The monoisotopic (exact) mass is 632 g/mol. The summed E-state index contributed by atoms with van der Waals surface area (Å²) < 4.78 is 6.07. The van der Waals surface area contributed by atoms with E-state index in [4.69, 9.17) is 14.7 Å². The van der Waals surface area contributed by atoms with Crippen LogP contribution in [0.25, 0.3) is 78.7 Å². The maximum absolute atomic E-state index is 13.9. The van der Waals surface area contributed by atoms with Gasteiger partial charge in [0.15, 0.2) is 5.69 Å². The van der Waals surface area contributed by atoms with Crippen molar-refractivity contribution >= 4 is 40.2 Å². The van der Waals surface area contributed by atoms with Crippen molar-refractivity contribution in [3.8, 4) is 50.4 Å². The molecule has 0 unspecified atom stereocenters. The van der Waals surface area contributed by atoms with E-state index in [1.807, 2.05) is 115 Å². The lowest BCUT2D eigenvalue weighted by atomic mass is 10.0. The number of hydrogen-bond acceptors (Lipinski definition) is 4. The van der Waals surface area contributed by atoms with Crippen molar-refractivity contribution in [3.63, 3.8) is 0 Å². The Morgan fingerprint density at radius 2 is 0.776 bits per heavy atom. The molecule has 0 amide bonds. The number of ether oxygens (including phenoxy) is 1. The topological polar surface area (TPSA) is 83.7 Å². The molecule has 6 nitrogen and oxygen atoms in total. The smallest absolute Gasteiger partial charge is 0.364 e. The van der Waals surface area contributed by atoms with Crippen LogP contribution < -0.4 is 4.74 Å². The summed E-state index contributed by atoms with van der Waals surface area (Å²) in [5.74, 6) is -0.279. The van der Waals surface area contributed by atoms with Crippen LogP contribution in [0.5, 0.6) is 5.88 Å². The first-order chi connectivity index (χ1) is 24.2. The molecule has 4 aromatic carbocycles. The van der Waals surface area contributed by atoms with E-state index in [0.29, 0.717) is 11.1 Å². The number of carbonyl (C=O) groups is 1. The molecule has 5 heterocycles. The lowest BCUT2D eigenvalue weighted by Gasteiger charge is -2.06. The van der Waals surface area contributed by atoms with Gasteiger partial charge in [0, 0.05) is 33.2 Å².